The minimum Gasteiger partial charge on any atom is -0.387 e. The lowest BCUT2D eigenvalue weighted by Gasteiger charge is -2.18. The van der Waals surface area contributed by atoms with Crippen LogP contribution in [0.1, 0.15) is 31.4 Å². The highest BCUT2D eigenvalue weighted by Crippen LogP contribution is 2.20. The summed E-state index contributed by atoms with van der Waals surface area (Å²) in [6.07, 6.45) is 0.665. The van der Waals surface area contributed by atoms with Crippen LogP contribution in [0, 0.1) is 5.82 Å². The van der Waals surface area contributed by atoms with E-state index in [-0.39, 0.29) is 5.56 Å². The third-order valence-electron chi connectivity index (χ3n) is 2.25. The van der Waals surface area contributed by atoms with Gasteiger partial charge in [-0.25, -0.2) is 4.39 Å². The number of aliphatic hydroxyl groups is 1. The Morgan fingerprint density at radius 1 is 1.43 bits per heavy atom. The second-order valence-electron chi connectivity index (χ2n) is 3.42. The highest BCUT2D eigenvalue weighted by atomic mass is 19.1. The van der Waals surface area contributed by atoms with Gasteiger partial charge in [-0.3, -0.25) is 0 Å². The fraction of sp³-hybridized carbons (Fsp3) is 0.455. The van der Waals surface area contributed by atoms with Gasteiger partial charge >= 0.3 is 0 Å². The van der Waals surface area contributed by atoms with Gasteiger partial charge in [-0.05, 0) is 12.5 Å². The SMILES string of the molecule is CCCC(N)C(O)c1ccccc1F. The lowest BCUT2D eigenvalue weighted by Crippen LogP contribution is -2.28. The third-order valence-corrected chi connectivity index (χ3v) is 2.25. The predicted molar refractivity (Wildman–Crippen MR) is 54.2 cm³/mol. The zero-order chi connectivity index (χ0) is 10.6. The molecule has 2 nitrogen and oxygen atoms in total. The van der Waals surface area contributed by atoms with E-state index in [2.05, 4.69) is 0 Å². The predicted octanol–water partition coefficient (Wildman–Crippen LogP) is 1.99. The van der Waals surface area contributed by atoms with Crippen molar-refractivity contribution in [3.05, 3.63) is 35.6 Å². The Bertz CT molecular complexity index is 290. The number of benzene rings is 1. The molecule has 0 aliphatic heterocycles. The Kier molecular flexibility index (Phi) is 4.04. The first-order chi connectivity index (χ1) is 6.66. The molecule has 0 amide bonds. The second kappa shape index (κ2) is 5.08. The normalized spacial score (nSPS) is 15.1. The summed E-state index contributed by atoms with van der Waals surface area (Å²) in [5.74, 6) is -0.397. The quantitative estimate of drug-likeness (QED) is 0.775. The second-order valence-corrected chi connectivity index (χ2v) is 3.42. The van der Waals surface area contributed by atoms with Crippen molar-refractivity contribution >= 4 is 0 Å². The monoisotopic (exact) mass is 197 g/mol. The number of hydrogen-bond acceptors (Lipinski definition) is 2. The third kappa shape index (κ3) is 2.53. The van der Waals surface area contributed by atoms with Gasteiger partial charge in [-0.1, -0.05) is 31.5 Å². The van der Waals surface area contributed by atoms with E-state index < -0.39 is 18.0 Å². The van der Waals surface area contributed by atoms with Crippen molar-refractivity contribution in [2.75, 3.05) is 0 Å². The van der Waals surface area contributed by atoms with Crippen LogP contribution >= 0.6 is 0 Å². The maximum Gasteiger partial charge on any atom is 0.129 e. The van der Waals surface area contributed by atoms with Gasteiger partial charge in [0.2, 0.25) is 0 Å². The van der Waals surface area contributed by atoms with Crippen LogP contribution in [0.3, 0.4) is 0 Å². The number of halogens is 1. The molecule has 78 valence electrons. The molecule has 0 bridgehead atoms. The fourth-order valence-corrected chi connectivity index (χ4v) is 1.44. The number of aliphatic hydroxyl groups excluding tert-OH is 1. The van der Waals surface area contributed by atoms with Crippen molar-refractivity contribution in [1.82, 2.24) is 0 Å². The molecular formula is C11H16FNO. The topological polar surface area (TPSA) is 46.2 Å². The Morgan fingerprint density at radius 2 is 2.07 bits per heavy atom. The maximum absolute atomic E-state index is 13.2. The molecular weight excluding hydrogens is 181 g/mol. The summed E-state index contributed by atoms with van der Waals surface area (Å²) < 4.78 is 13.2. The summed E-state index contributed by atoms with van der Waals surface area (Å²) in [4.78, 5) is 0. The van der Waals surface area contributed by atoms with Crippen LogP contribution in [0.4, 0.5) is 4.39 Å². The number of nitrogens with two attached hydrogens (primary N) is 1. The summed E-state index contributed by atoms with van der Waals surface area (Å²) in [5.41, 5.74) is 6.00. The Balaban J connectivity index is 2.78. The number of hydrogen-bond donors (Lipinski definition) is 2. The Hall–Kier alpha value is -0.930. The summed E-state index contributed by atoms with van der Waals surface area (Å²) in [7, 11) is 0. The van der Waals surface area contributed by atoms with Crippen LogP contribution in [-0.2, 0) is 0 Å². The Morgan fingerprint density at radius 3 is 2.64 bits per heavy atom. The van der Waals surface area contributed by atoms with Gasteiger partial charge in [0.05, 0.1) is 6.10 Å². The fourth-order valence-electron chi connectivity index (χ4n) is 1.44. The summed E-state index contributed by atoms with van der Waals surface area (Å²) in [5, 5.41) is 9.74. The average Bonchev–Trinajstić information content (AvgIpc) is 2.18. The minimum atomic E-state index is -0.906. The van der Waals surface area contributed by atoms with Crippen molar-refractivity contribution in [2.45, 2.75) is 31.9 Å². The molecule has 14 heavy (non-hydrogen) atoms. The summed E-state index contributed by atoms with van der Waals surface area (Å²) >= 11 is 0. The van der Waals surface area contributed by atoms with Crippen LogP contribution in [0.25, 0.3) is 0 Å². The molecule has 0 aromatic heterocycles. The molecule has 1 aromatic rings. The molecule has 2 unspecified atom stereocenters. The minimum absolute atomic E-state index is 0.286. The zero-order valence-electron chi connectivity index (χ0n) is 8.28. The van der Waals surface area contributed by atoms with E-state index in [0.717, 1.165) is 6.42 Å². The molecule has 0 fully saturated rings. The van der Waals surface area contributed by atoms with E-state index in [1.807, 2.05) is 6.92 Å². The average molecular weight is 197 g/mol. The molecule has 3 heteroatoms. The van der Waals surface area contributed by atoms with Gasteiger partial charge in [0.15, 0.2) is 0 Å². The van der Waals surface area contributed by atoms with Crippen LogP contribution in [0.5, 0.6) is 0 Å². The lowest BCUT2D eigenvalue weighted by atomic mass is 9.99. The van der Waals surface area contributed by atoms with E-state index in [9.17, 15) is 9.50 Å². The summed E-state index contributed by atoms with van der Waals surface area (Å²) in [6, 6.07) is 5.79. The molecule has 0 saturated carbocycles. The zero-order valence-corrected chi connectivity index (χ0v) is 8.28. The van der Waals surface area contributed by atoms with Crippen LogP contribution in [-0.4, -0.2) is 11.1 Å². The first-order valence-corrected chi connectivity index (χ1v) is 4.85. The molecule has 0 aliphatic carbocycles. The van der Waals surface area contributed by atoms with Crippen LogP contribution in [0.15, 0.2) is 24.3 Å². The van der Waals surface area contributed by atoms with Crippen molar-refractivity contribution in [3.63, 3.8) is 0 Å². The molecule has 2 atom stereocenters. The largest absolute Gasteiger partial charge is 0.387 e. The van der Waals surface area contributed by atoms with Gasteiger partial charge in [0.25, 0.3) is 0 Å². The van der Waals surface area contributed by atoms with E-state index in [1.54, 1.807) is 18.2 Å². The number of rotatable bonds is 4. The molecule has 1 aromatic carbocycles. The van der Waals surface area contributed by atoms with Gasteiger partial charge < -0.3 is 10.8 Å². The van der Waals surface area contributed by atoms with Gasteiger partial charge in [-0.15, -0.1) is 0 Å². The van der Waals surface area contributed by atoms with Crippen molar-refractivity contribution in [1.29, 1.82) is 0 Å². The van der Waals surface area contributed by atoms with Crippen molar-refractivity contribution in [2.24, 2.45) is 5.73 Å². The molecule has 0 heterocycles. The Labute approximate surface area is 83.6 Å². The van der Waals surface area contributed by atoms with E-state index in [4.69, 9.17) is 5.73 Å². The first-order valence-electron chi connectivity index (χ1n) is 4.85. The van der Waals surface area contributed by atoms with Gasteiger partial charge in [-0.2, -0.15) is 0 Å². The highest BCUT2D eigenvalue weighted by Gasteiger charge is 2.18. The van der Waals surface area contributed by atoms with E-state index in [0.29, 0.717) is 6.42 Å². The highest BCUT2D eigenvalue weighted by molar-refractivity contribution is 5.20. The van der Waals surface area contributed by atoms with Crippen molar-refractivity contribution in [3.8, 4) is 0 Å². The molecule has 0 spiro atoms. The van der Waals surface area contributed by atoms with Crippen LogP contribution < -0.4 is 5.73 Å². The molecule has 0 saturated heterocycles. The summed E-state index contributed by atoms with van der Waals surface area (Å²) in [6.45, 7) is 1.98. The standard InChI is InChI=1S/C11H16FNO/c1-2-5-10(13)11(14)8-6-3-4-7-9(8)12/h3-4,6-7,10-11,14H,2,5,13H2,1H3. The molecule has 3 N–H and O–H groups in total. The molecule has 0 radical (unpaired) electrons. The lowest BCUT2D eigenvalue weighted by molar-refractivity contribution is 0.137. The molecule has 0 aliphatic rings. The van der Waals surface area contributed by atoms with E-state index >= 15 is 0 Å². The van der Waals surface area contributed by atoms with Gasteiger partial charge in [0, 0.05) is 11.6 Å². The van der Waals surface area contributed by atoms with Crippen molar-refractivity contribution < 1.29 is 9.50 Å². The first kappa shape index (κ1) is 11.1. The van der Waals surface area contributed by atoms with Crippen LogP contribution in [0.2, 0.25) is 0 Å². The smallest absolute Gasteiger partial charge is 0.129 e. The van der Waals surface area contributed by atoms with E-state index in [1.165, 1.54) is 6.07 Å². The maximum atomic E-state index is 13.2. The van der Waals surface area contributed by atoms with Gasteiger partial charge in [0.1, 0.15) is 5.82 Å². The molecule has 1 rings (SSSR count).